The lowest BCUT2D eigenvalue weighted by Crippen LogP contribution is -2.21. The minimum absolute atomic E-state index is 0.257. The molecule has 1 N–H and O–H groups in total. The summed E-state index contributed by atoms with van der Waals surface area (Å²) in [7, 11) is 0. The van der Waals surface area contributed by atoms with E-state index in [-0.39, 0.29) is 11.7 Å². The highest BCUT2D eigenvalue weighted by atomic mass is 16.5. The Morgan fingerprint density at radius 1 is 0.964 bits per heavy atom. The fourth-order valence-electron chi connectivity index (χ4n) is 3.34. The quantitative estimate of drug-likeness (QED) is 0.407. The summed E-state index contributed by atoms with van der Waals surface area (Å²) in [5.41, 5.74) is 3.25. The topological polar surface area (TPSA) is 49.8 Å². The number of hydrogen-bond acceptors (Lipinski definition) is 4. The average molecular weight is 384 g/mol. The maximum atomic E-state index is 12.5. The predicted octanol–water partition coefficient (Wildman–Crippen LogP) is 5.57. The zero-order chi connectivity index (χ0) is 20.4. The van der Waals surface area contributed by atoms with Crippen molar-refractivity contribution in [2.24, 2.45) is 0 Å². The lowest BCUT2D eigenvalue weighted by molar-refractivity contribution is 0.0496. The highest BCUT2D eigenvalue weighted by molar-refractivity contribution is 5.91. The van der Waals surface area contributed by atoms with E-state index in [0.29, 0.717) is 18.6 Å². The molecule has 4 nitrogen and oxygen atoms in total. The molecule has 0 atom stereocenters. The van der Waals surface area contributed by atoms with Crippen molar-refractivity contribution in [1.29, 1.82) is 0 Å². The third kappa shape index (κ3) is 6.01. The summed E-state index contributed by atoms with van der Waals surface area (Å²) in [6, 6.07) is 13.2. The fraction of sp³-hybridized carbons (Fsp3) is 0.458. The first-order valence-corrected chi connectivity index (χ1v) is 10.4. The fourth-order valence-corrected chi connectivity index (χ4v) is 3.34. The molecule has 2 aromatic carbocycles. The average Bonchev–Trinajstić information content (AvgIpc) is 2.71. The van der Waals surface area contributed by atoms with Crippen molar-refractivity contribution < 1.29 is 14.6 Å². The number of aromatic hydroxyl groups is 1. The molecule has 0 saturated heterocycles. The molecule has 0 unspecified atom stereocenters. The molecule has 0 saturated carbocycles. The predicted molar refractivity (Wildman–Crippen MR) is 115 cm³/mol. The Morgan fingerprint density at radius 2 is 1.71 bits per heavy atom. The monoisotopic (exact) mass is 383 g/mol. The van der Waals surface area contributed by atoms with Gasteiger partial charge in [0.15, 0.2) is 0 Å². The molecular weight excluding hydrogens is 350 g/mol. The van der Waals surface area contributed by atoms with Crippen LogP contribution in [0.3, 0.4) is 0 Å². The Balaban J connectivity index is 2.09. The van der Waals surface area contributed by atoms with Crippen LogP contribution in [0.25, 0.3) is 0 Å². The van der Waals surface area contributed by atoms with Gasteiger partial charge in [0.1, 0.15) is 5.75 Å². The molecule has 0 aliphatic rings. The van der Waals surface area contributed by atoms with E-state index in [9.17, 15) is 9.90 Å². The summed E-state index contributed by atoms with van der Waals surface area (Å²) in [5.74, 6) is -0.0292. The van der Waals surface area contributed by atoms with Gasteiger partial charge >= 0.3 is 5.97 Å². The number of carbonyl (C=O) groups is 1. The van der Waals surface area contributed by atoms with Gasteiger partial charge in [0, 0.05) is 31.3 Å². The number of rotatable bonds is 11. The normalized spacial score (nSPS) is 10.7. The van der Waals surface area contributed by atoms with E-state index in [1.165, 1.54) is 0 Å². The summed E-state index contributed by atoms with van der Waals surface area (Å²) in [6.07, 6.45) is 4.79. The van der Waals surface area contributed by atoms with Crippen LogP contribution in [0.5, 0.6) is 5.75 Å². The Morgan fingerprint density at radius 3 is 2.39 bits per heavy atom. The van der Waals surface area contributed by atoms with E-state index in [0.717, 1.165) is 55.6 Å². The standard InChI is InChI=1S/C24H33NO3/c1-4-7-8-11-16-28-24(27)22-13-10-9-12-19(22)17-20-14-15-21(18-23(20)26)25(5-2)6-3/h9-10,12-15,18,26H,4-8,11,16-17H2,1-3H3. The van der Waals surface area contributed by atoms with Crippen molar-refractivity contribution in [3.8, 4) is 5.75 Å². The number of phenols is 1. The van der Waals surface area contributed by atoms with Crippen LogP contribution in [0.15, 0.2) is 42.5 Å². The van der Waals surface area contributed by atoms with Crippen LogP contribution >= 0.6 is 0 Å². The van der Waals surface area contributed by atoms with Gasteiger partial charge < -0.3 is 14.7 Å². The van der Waals surface area contributed by atoms with Crippen LogP contribution in [-0.2, 0) is 11.2 Å². The molecule has 0 aliphatic carbocycles. The van der Waals surface area contributed by atoms with E-state index in [2.05, 4.69) is 25.7 Å². The minimum atomic E-state index is -0.286. The SMILES string of the molecule is CCCCCCOC(=O)c1ccccc1Cc1ccc(N(CC)CC)cc1O. The summed E-state index contributed by atoms with van der Waals surface area (Å²) in [5, 5.41) is 10.5. The van der Waals surface area contributed by atoms with Gasteiger partial charge in [-0.15, -0.1) is 0 Å². The lowest BCUT2D eigenvalue weighted by atomic mass is 9.99. The molecule has 2 rings (SSSR count). The van der Waals surface area contributed by atoms with Crippen LogP contribution in [0.2, 0.25) is 0 Å². The first-order valence-electron chi connectivity index (χ1n) is 10.4. The van der Waals surface area contributed by atoms with Crippen molar-refractivity contribution in [1.82, 2.24) is 0 Å². The number of phenolic OH excluding ortho intramolecular Hbond substituents is 1. The number of esters is 1. The van der Waals surface area contributed by atoms with Gasteiger partial charge in [-0.2, -0.15) is 0 Å². The molecule has 28 heavy (non-hydrogen) atoms. The Hall–Kier alpha value is -2.49. The molecule has 152 valence electrons. The third-order valence-electron chi connectivity index (χ3n) is 5.05. The number of benzene rings is 2. The number of unbranched alkanes of at least 4 members (excludes halogenated alkanes) is 3. The molecular formula is C24H33NO3. The van der Waals surface area contributed by atoms with Crippen molar-refractivity contribution in [3.05, 3.63) is 59.2 Å². The summed E-state index contributed by atoms with van der Waals surface area (Å²) < 4.78 is 5.45. The van der Waals surface area contributed by atoms with Crippen LogP contribution < -0.4 is 4.90 Å². The van der Waals surface area contributed by atoms with Crippen molar-refractivity contribution in [2.75, 3.05) is 24.6 Å². The lowest BCUT2D eigenvalue weighted by Gasteiger charge is -2.21. The summed E-state index contributed by atoms with van der Waals surface area (Å²) in [6.45, 7) is 8.59. The highest BCUT2D eigenvalue weighted by Crippen LogP contribution is 2.27. The molecule has 0 aromatic heterocycles. The Labute approximate surface area is 169 Å². The molecule has 0 amide bonds. The zero-order valence-electron chi connectivity index (χ0n) is 17.4. The van der Waals surface area contributed by atoms with Crippen LogP contribution in [-0.4, -0.2) is 30.8 Å². The number of carbonyl (C=O) groups excluding carboxylic acids is 1. The molecule has 0 radical (unpaired) electrons. The maximum Gasteiger partial charge on any atom is 0.338 e. The molecule has 0 heterocycles. The molecule has 0 spiro atoms. The zero-order valence-corrected chi connectivity index (χ0v) is 17.4. The van der Waals surface area contributed by atoms with E-state index in [1.807, 2.05) is 30.3 Å². The second kappa shape index (κ2) is 11.4. The van der Waals surface area contributed by atoms with Gasteiger partial charge in [-0.3, -0.25) is 0 Å². The largest absolute Gasteiger partial charge is 0.508 e. The van der Waals surface area contributed by atoms with Gasteiger partial charge in [0.2, 0.25) is 0 Å². The van der Waals surface area contributed by atoms with E-state index in [1.54, 1.807) is 12.1 Å². The summed E-state index contributed by atoms with van der Waals surface area (Å²) >= 11 is 0. The number of anilines is 1. The van der Waals surface area contributed by atoms with Crippen molar-refractivity contribution in [3.63, 3.8) is 0 Å². The highest BCUT2D eigenvalue weighted by Gasteiger charge is 2.14. The second-order valence-corrected chi connectivity index (χ2v) is 7.02. The molecule has 0 fully saturated rings. The first kappa shape index (κ1) is 21.8. The van der Waals surface area contributed by atoms with Crippen LogP contribution in [0.4, 0.5) is 5.69 Å². The Bertz CT molecular complexity index is 753. The molecule has 0 aliphatic heterocycles. The maximum absolute atomic E-state index is 12.5. The number of hydrogen-bond donors (Lipinski definition) is 1. The van der Waals surface area contributed by atoms with Gasteiger partial charge in [-0.1, -0.05) is 50.5 Å². The van der Waals surface area contributed by atoms with E-state index in [4.69, 9.17) is 4.74 Å². The summed E-state index contributed by atoms with van der Waals surface area (Å²) in [4.78, 5) is 14.7. The van der Waals surface area contributed by atoms with Gasteiger partial charge in [0.25, 0.3) is 0 Å². The molecule has 4 heteroatoms. The van der Waals surface area contributed by atoms with E-state index < -0.39 is 0 Å². The van der Waals surface area contributed by atoms with E-state index >= 15 is 0 Å². The van der Waals surface area contributed by atoms with Crippen molar-refractivity contribution in [2.45, 2.75) is 52.9 Å². The number of nitrogens with zero attached hydrogens (tertiary/aromatic N) is 1. The minimum Gasteiger partial charge on any atom is -0.508 e. The Kier molecular flexibility index (Phi) is 8.86. The van der Waals surface area contributed by atoms with Gasteiger partial charge in [-0.05, 0) is 43.5 Å². The van der Waals surface area contributed by atoms with Crippen LogP contribution in [0.1, 0.15) is 67.9 Å². The van der Waals surface area contributed by atoms with Crippen LogP contribution in [0, 0.1) is 0 Å². The molecule has 2 aromatic rings. The second-order valence-electron chi connectivity index (χ2n) is 7.02. The van der Waals surface area contributed by atoms with Crippen molar-refractivity contribution >= 4 is 11.7 Å². The smallest absolute Gasteiger partial charge is 0.338 e. The first-order chi connectivity index (χ1) is 13.6. The van der Waals surface area contributed by atoms with Gasteiger partial charge in [0.05, 0.1) is 12.2 Å². The molecule has 0 bridgehead atoms. The third-order valence-corrected chi connectivity index (χ3v) is 5.05. The number of ether oxygens (including phenoxy) is 1. The van der Waals surface area contributed by atoms with Gasteiger partial charge in [-0.25, -0.2) is 4.79 Å².